The second-order valence-corrected chi connectivity index (χ2v) is 14.0. The molecule has 136 valence electrons. The minimum atomic E-state index is -1.54. The highest BCUT2D eigenvalue weighted by molar-refractivity contribution is 6.69. The molecule has 24 heavy (non-hydrogen) atoms. The van der Waals surface area contributed by atoms with Gasteiger partial charge in [0, 0.05) is 12.3 Å². The van der Waals surface area contributed by atoms with Gasteiger partial charge in [-0.25, -0.2) is 0 Å². The van der Waals surface area contributed by atoms with Crippen LogP contribution in [0.25, 0.3) is 0 Å². The topological polar surface area (TPSA) is 26.3 Å². The van der Waals surface area contributed by atoms with E-state index in [-0.39, 0.29) is 16.9 Å². The van der Waals surface area contributed by atoms with E-state index in [2.05, 4.69) is 65.6 Å². The zero-order valence-corrected chi connectivity index (χ0v) is 17.7. The Hall–Kier alpha value is -0.673. The maximum Gasteiger partial charge on any atom is 0.184 e. The summed E-state index contributed by atoms with van der Waals surface area (Å²) in [5.41, 5.74) is 1.45. The molecule has 0 saturated heterocycles. The molecule has 0 aromatic heterocycles. The Labute approximate surface area is 149 Å². The van der Waals surface area contributed by atoms with Gasteiger partial charge >= 0.3 is 0 Å². The summed E-state index contributed by atoms with van der Waals surface area (Å²) in [6.07, 6.45) is 11.9. The highest BCUT2D eigenvalue weighted by Gasteiger charge is 2.47. The van der Waals surface area contributed by atoms with Gasteiger partial charge in [-0.3, -0.25) is 4.79 Å². The third kappa shape index (κ3) is 4.48. The molecule has 1 unspecified atom stereocenters. The van der Waals surface area contributed by atoms with E-state index in [9.17, 15) is 4.79 Å². The Bertz CT molecular complexity index is 539. The van der Waals surface area contributed by atoms with Crippen molar-refractivity contribution in [3.8, 4) is 0 Å². The quantitative estimate of drug-likeness (QED) is 0.441. The molecule has 0 aromatic carbocycles. The molecule has 0 spiro atoms. The molecular weight excluding hydrogens is 312 g/mol. The van der Waals surface area contributed by atoms with E-state index < -0.39 is 8.32 Å². The standard InChI is InChI=1S/C21H36O2Si/c1-16(10-8-14-20(2,3)23-24(5,6)7)17-12-13-18-19(22)11-9-15-21(17,18)4/h8,12,14,16,18H,9-11,13,15H2,1-7H3/t16-,18?,21+/m0/s1. The molecule has 2 rings (SSSR count). The van der Waals surface area contributed by atoms with Gasteiger partial charge in [0.1, 0.15) is 5.78 Å². The van der Waals surface area contributed by atoms with Crippen molar-refractivity contribution < 1.29 is 9.22 Å². The SMILES string of the molecule is C[C@@H](CC=CC(C)(C)O[Si](C)(C)C)C1=CCC2C(=O)CCC[C@]12C. The number of ketones is 1. The maximum atomic E-state index is 12.3. The van der Waals surface area contributed by atoms with Crippen molar-refractivity contribution >= 4 is 14.1 Å². The molecule has 2 aliphatic rings. The lowest BCUT2D eigenvalue weighted by Gasteiger charge is -2.40. The second kappa shape index (κ2) is 6.91. The molecule has 3 atom stereocenters. The first-order valence-electron chi connectivity index (χ1n) is 9.56. The lowest BCUT2D eigenvalue weighted by molar-refractivity contribution is -0.128. The number of allylic oxidation sites excluding steroid dienone is 3. The molecule has 0 bridgehead atoms. The molecule has 1 saturated carbocycles. The zero-order chi connectivity index (χ0) is 18.2. The molecule has 0 radical (unpaired) electrons. The lowest BCUT2D eigenvalue weighted by atomic mass is 9.63. The number of fused-ring (bicyclic) bond motifs is 1. The number of carbonyl (C=O) groups is 1. The summed E-state index contributed by atoms with van der Waals surface area (Å²) in [6.45, 7) is 15.6. The Morgan fingerprint density at radius 2 is 2.08 bits per heavy atom. The number of Topliss-reactive ketones (excluding diaryl/α,β-unsaturated/α-hetero) is 1. The lowest BCUT2D eigenvalue weighted by Crippen LogP contribution is -2.37. The van der Waals surface area contributed by atoms with Crippen LogP contribution >= 0.6 is 0 Å². The first-order chi connectivity index (χ1) is 10.9. The summed E-state index contributed by atoms with van der Waals surface area (Å²) >= 11 is 0. The van der Waals surface area contributed by atoms with Crippen molar-refractivity contribution in [1.82, 2.24) is 0 Å². The summed E-state index contributed by atoms with van der Waals surface area (Å²) in [4.78, 5) is 12.3. The fourth-order valence-corrected chi connectivity index (χ4v) is 6.47. The van der Waals surface area contributed by atoms with Crippen LogP contribution in [0.1, 0.15) is 59.8 Å². The van der Waals surface area contributed by atoms with Gasteiger partial charge in [0.15, 0.2) is 8.32 Å². The van der Waals surface area contributed by atoms with Gasteiger partial charge in [-0.05, 0) is 70.5 Å². The molecular formula is C21H36O2Si. The molecule has 0 aliphatic heterocycles. The van der Waals surface area contributed by atoms with Crippen molar-refractivity contribution in [1.29, 1.82) is 0 Å². The smallest absolute Gasteiger partial charge is 0.184 e. The van der Waals surface area contributed by atoms with Crippen molar-refractivity contribution in [2.45, 2.75) is 85.0 Å². The second-order valence-electron chi connectivity index (χ2n) is 9.54. The van der Waals surface area contributed by atoms with Gasteiger partial charge in [0.25, 0.3) is 0 Å². The van der Waals surface area contributed by atoms with Gasteiger partial charge in [0.2, 0.25) is 0 Å². The van der Waals surface area contributed by atoms with E-state index in [4.69, 9.17) is 4.43 Å². The van der Waals surface area contributed by atoms with Crippen LogP contribution in [0.4, 0.5) is 0 Å². The number of carbonyl (C=O) groups excluding carboxylic acids is 1. The summed E-state index contributed by atoms with van der Waals surface area (Å²) in [6, 6.07) is 0. The molecule has 1 fully saturated rings. The van der Waals surface area contributed by atoms with Crippen LogP contribution in [0, 0.1) is 17.3 Å². The maximum absolute atomic E-state index is 12.3. The van der Waals surface area contributed by atoms with Gasteiger partial charge in [0.05, 0.1) is 5.60 Å². The van der Waals surface area contributed by atoms with Crippen molar-refractivity contribution in [3.63, 3.8) is 0 Å². The van der Waals surface area contributed by atoms with Crippen LogP contribution in [0.15, 0.2) is 23.8 Å². The van der Waals surface area contributed by atoms with E-state index in [0.717, 1.165) is 25.7 Å². The normalized spacial score (nSPS) is 29.7. The third-order valence-electron chi connectivity index (χ3n) is 5.62. The Balaban J connectivity index is 1.99. The van der Waals surface area contributed by atoms with E-state index >= 15 is 0 Å². The molecule has 3 heteroatoms. The number of hydrogen-bond donors (Lipinski definition) is 0. The molecule has 2 aliphatic carbocycles. The van der Waals surface area contributed by atoms with Gasteiger partial charge in [-0.1, -0.05) is 37.6 Å². The predicted octanol–water partition coefficient (Wildman–Crippen LogP) is 5.90. The fourth-order valence-electron chi connectivity index (χ4n) is 4.82. The van der Waals surface area contributed by atoms with Crippen molar-refractivity contribution in [2.75, 3.05) is 0 Å². The Morgan fingerprint density at radius 1 is 1.42 bits per heavy atom. The van der Waals surface area contributed by atoms with Crippen molar-refractivity contribution in [3.05, 3.63) is 23.8 Å². The van der Waals surface area contributed by atoms with Crippen LogP contribution in [-0.2, 0) is 9.22 Å². The summed E-state index contributed by atoms with van der Waals surface area (Å²) in [5.74, 6) is 1.24. The Morgan fingerprint density at radius 3 is 2.71 bits per heavy atom. The van der Waals surface area contributed by atoms with E-state index in [0.29, 0.717) is 11.7 Å². The molecule has 0 aromatic rings. The van der Waals surface area contributed by atoms with E-state index in [1.54, 1.807) is 0 Å². The monoisotopic (exact) mass is 348 g/mol. The predicted molar refractivity (Wildman–Crippen MR) is 105 cm³/mol. The minimum Gasteiger partial charge on any atom is -0.409 e. The number of rotatable bonds is 6. The van der Waals surface area contributed by atoms with Crippen LogP contribution in [0.2, 0.25) is 19.6 Å². The van der Waals surface area contributed by atoms with Crippen LogP contribution in [0.3, 0.4) is 0 Å². The summed E-state index contributed by atoms with van der Waals surface area (Å²) in [7, 11) is -1.54. The Kier molecular flexibility index (Phi) is 5.66. The molecule has 0 N–H and O–H groups in total. The van der Waals surface area contributed by atoms with E-state index in [1.165, 1.54) is 12.0 Å². The van der Waals surface area contributed by atoms with E-state index in [1.807, 2.05) is 0 Å². The van der Waals surface area contributed by atoms with Crippen molar-refractivity contribution in [2.24, 2.45) is 17.3 Å². The average Bonchev–Trinajstić information content (AvgIpc) is 2.74. The zero-order valence-electron chi connectivity index (χ0n) is 16.7. The largest absolute Gasteiger partial charge is 0.409 e. The van der Waals surface area contributed by atoms with Crippen LogP contribution in [0.5, 0.6) is 0 Å². The molecule has 0 amide bonds. The van der Waals surface area contributed by atoms with Gasteiger partial charge in [-0.2, -0.15) is 0 Å². The van der Waals surface area contributed by atoms with Gasteiger partial charge in [-0.15, -0.1) is 0 Å². The van der Waals surface area contributed by atoms with Crippen LogP contribution < -0.4 is 0 Å². The summed E-state index contributed by atoms with van der Waals surface area (Å²) < 4.78 is 6.25. The highest BCUT2D eigenvalue weighted by atomic mass is 28.4. The first kappa shape index (κ1) is 19.6. The molecule has 0 heterocycles. The minimum absolute atomic E-state index is 0.118. The first-order valence-corrected chi connectivity index (χ1v) is 13.0. The average molecular weight is 349 g/mol. The van der Waals surface area contributed by atoms with Crippen LogP contribution in [-0.4, -0.2) is 19.7 Å². The number of hydrogen-bond acceptors (Lipinski definition) is 2. The van der Waals surface area contributed by atoms with Gasteiger partial charge < -0.3 is 4.43 Å². The third-order valence-corrected chi connectivity index (χ3v) is 6.76. The highest BCUT2D eigenvalue weighted by Crippen LogP contribution is 2.53. The molecule has 2 nitrogen and oxygen atoms in total. The fraction of sp³-hybridized carbons (Fsp3) is 0.762. The summed E-state index contributed by atoms with van der Waals surface area (Å²) in [5, 5.41) is 0.